The van der Waals surface area contributed by atoms with Gasteiger partial charge in [-0.15, -0.1) is 11.6 Å². The summed E-state index contributed by atoms with van der Waals surface area (Å²) in [5, 5.41) is 3.31. The summed E-state index contributed by atoms with van der Waals surface area (Å²) in [6.07, 6.45) is 3.73. The summed E-state index contributed by atoms with van der Waals surface area (Å²) < 4.78 is 0. The van der Waals surface area contributed by atoms with E-state index >= 15 is 0 Å². The van der Waals surface area contributed by atoms with Crippen LogP contribution in [-0.4, -0.2) is 15.8 Å². The van der Waals surface area contributed by atoms with E-state index < -0.39 is 0 Å². The number of benzene rings is 2. The number of nitrogens with zero attached hydrogens (tertiary/aromatic N) is 2. The maximum atomic E-state index is 5.74. The van der Waals surface area contributed by atoms with Crippen LogP contribution in [0.3, 0.4) is 0 Å². The number of aryl methyl sites for hydroxylation is 1. The van der Waals surface area contributed by atoms with Gasteiger partial charge in [0.2, 0.25) is 0 Å². The van der Waals surface area contributed by atoms with Crippen molar-refractivity contribution in [3.8, 4) is 0 Å². The van der Waals surface area contributed by atoms with E-state index in [1.54, 1.807) is 6.20 Å². The number of hydrogen-bond donors (Lipinski definition) is 1. The Balaban J connectivity index is 1.81. The first-order valence-corrected chi connectivity index (χ1v) is 7.52. The number of anilines is 2. The van der Waals surface area contributed by atoms with Crippen LogP contribution in [0.4, 0.5) is 11.5 Å². The molecule has 0 radical (unpaired) electrons. The van der Waals surface area contributed by atoms with Crippen molar-refractivity contribution in [2.45, 2.75) is 12.8 Å². The van der Waals surface area contributed by atoms with Gasteiger partial charge in [-0.2, -0.15) is 0 Å². The number of rotatable bonds is 5. The molecule has 106 valence electrons. The molecule has 4 heteroatoms. The quantitative estimate of drug-likeness (QED) is 0.702. The largest absolute Gasteiger partial charge is 0.339 e. The van der Waals surface area contributed by atoms with Crippen LogP contribution in [0, 0.1) is 0 Å². The minimum absolute atomic E-state index is 0.688. The van der Waals surface area contributed by atoms with E-state index in [9.17, 15) is 0 Å². The average molecular weight is 298 g/mol. The summed E-state index contributed by atoms with van der Waals surface area (Å²) in [7, 11) is 0. The molecule has 0 unspecified atom stereocenters. The van der Waals surface area contributed by atoms with Crippen LogP contribution in [0.25, 0.3) is 11.0 Å². The number of aromatic nitrogens is 2. The van der Waals surface area contributed by atoms with Crippen LogP contribution in [0.15, 0.2) is 54.7 Å². The summed E-state index contributed by atoms with van der Waals surface area (Å²) in [5.41, 5.74) is 4.08. The Morgan fingerprint density at radius 3 is 2.71 bits per heavy atom. The van der Waals surface area contributed by atoms with Crippen molar-refractivity contribution >= 4 is 34.1 Å². The fraction of sp³-hybridized carbons (Fsp3) is 0.176. The molecule has 0 fully saturated rings. The van der Waals surface area contributed by atoms with Crippen LogP contribution in [-0.2, 0) is 6.42 Å². The van der Waals surface area contributed by atoms with Crippen molar-refractivity contribution in [1.82, 2.24) is 9.97 Å². The third kappa shape index (κ3) is 3.50. The SMILES string of the molecule is ClCCCc1cccc(Nc2cnc3ccccc3n2)c1. The first kappa shape index (κ1) is 13.8. The van der Waals surface area contributed by atoms with Gasteiger partial charge in [0.25, 0.3) is 0 Å². The molecule has 0 saturated carbocycles. The lowest BCUT2D eigenvalue weighted by molar-refractivity contribution is 0.929. The predicted molar refractivity (Wildman–Crippen MR) is 88.3 cm³/mol. The van der Waals surface area contributed by atoms with Crippen molar-refractivity contribution in [2.75, 3.05) is 11.2 Å². The van der Waals surface area contributed by atoms with Crippen LogP contribution in [0.2, 0.25) is 0 Å². The molecule has 0 amide bonds. The molecule has 0 aliphatic heterocycles. The summed E-state index contributed by atoms with van der Waals surface area (Å²) in [6.45, 7) is 0. The van der Waals surface area contributed by atoms with Gasteiger partial charge < -0.3 is 5.32 Å². The van der Waals surface area contributed by atoms with E-state index in [-0.39, 0.29) is 0 Å². The van der Waals surface area contributed by atoms with Crippen molar-refractivity contribution in [1.29, 1.82) is 0 Å². The first-order chi connectivity index (χ1) is 10.3. The Labute approximate surface area is 129 Å². The lowest BCUT2D eigenvalue weighted by atomic mass is 10.1. The minimum atomic E-state index is 0.688. The number of hydrogen-bond acceptors (Lipinski definition) is 3. The van der Waals surface area contributed by atoms with Gasteiger partial charge in [0.15, 0.2) is 0 Å². The lowest BCUT2D eigenvalue weighted by Gasteiger charge is -2.08. The van der Waals surface area contributed by atoms with Gasteiger partial charge in [0.05, 0.1) is 17.2 Å². The van der Waals surface area contributed by atoms with Gasteiger partial charge >= 0.3 is 0 Å². The molecule has 1 aromatic heterocycles. The zero-order chi connectivity index (χ0) is 14.5. The highest BCUT2D eigenvalue weighted by Gasteiger charge is 2.01. The Morgan fingerprint density at radius 2 is 1.86 bits per heavy atom. The molecule has 0 saturated heterocycles. The van der Waals surface area contributed by atoms with Gasteiger partial charge in [0, 0.05) is 11.6 Å². The van der Waals surface area contributed by atoms with Gasteiger partial charge in [-0.05, 0) is 42.7 Å². The predicted octanol–water partition coefficient (Wildman–Crippen LogP) is 4.54. The Bertz CT molecular complexity index is 743. The first-order valence-electron chi connectivity index (χ1n) is 6.99. The molecule has 0 atom stereocenters. The molecule has 3 nitrogen and oxygen atoms in total. The van der Waals surface area contributed by atoms with E-state index in [1.165, 1.54) is 5.56 Å². The molecule has 0 spiro atoms. The van der Waals surface area contributed by atoms with E-state index in [1.807, 2.05) is 36.4 Å². The number of halogens is 1. The van der Waals surface area contributed by atoms with Gasteiger partial charge in [-0.3, -0.25) is 4.98 Å². The Hall–Kier alpha value is -2.13. The van der Waals surface area contributed by atoms with E-state index in [0.29, 0.717) is 5.88 Å². The molecule has 0 aliphatic rings. The Morgan fingerprint density at radius 1 is 1.00 bits per heavy atom. The maximum Gasteiger partial charge on any atom is 0.149 e. The molecular weight excluding hydrogens is 282 g/mol. The van der Waals surface area contributed by atoms with Gasteiger partial charge in [-0.1, -0.05) is 24.3 Å². The number of alkyl halides is 1. The monoisotopic (exact) mass is 297 g/mol. The van der Waals surface area contributed by atoms with Crippen LogP contribution >= 0.6 is 11.6 Å². The maximum absolute atomic E-state index is 5.74. The highest BCUT2D eigenvalue weighted by Crippen LogP contribution is 2.18. The fourth-order valence-corrected chi connectivity index (χ4v) is 2.37. The van der Waals surface area contributed by atoms with Crippen molar-refractivity contribution in [3.05, 3.63) is 60.3 Å². The number of para-hydroxylation sites is 2. The zero-order valence-electron chi connectivity index (χ0n) is 11.6. The normalized spacial score (nSPS) is 10.7. The molecule has 3 aromatic rings. The third-order valence-electron chi connectivity index (χ3n) is 3.25. The molecule has 21 heavy (non-hydrogen) atoms. The van der Waals surface area contributed by atoms with Crippen LogP contribution < -0.4 is 5.32 Å². The molecule has 0 aliphatic carbocycles. The van der Waals surface area contributed by atoms with E-state index in [2.05, 4.69) is 27.4 Å². The number of fused-ring (bicyclic) bond motifs is 1. The summed E-state index contributed by atoms with van der Waals surface area (Å²) in [6, 6.07) is 16.2. The van der Waals surface area contributed by atoms with Crippen molar-refractivity contribution < 1.29 is 0 Å². The molecule has 2 aromatic carbocycles. The third-order valence-corrected chi connectivity index (χ3v) is 3.51. The number of nitrogens with one attached hydrogen (secondary N) is 1. The second-order valence-electron chi connectivity index (χ2n) is 4.86. The molecule has 3 rings (SSSR count). The van der Waals surface area contributed by atoms with Crippen LogP contribution in [0.1, 0.15) is 12.0 Å². The smallest absolute Gasteiger partial charge is 0.149 e. The van der Waals surface area contributed by atoms with Crippen LogP contribution in [0.5, 0.6) is 0 Å². The molecular formula is C17H16ClN3. The minimum Gasteiger partial charge on any atom is -0.339 e. The van der Waals surface area contributed by atoms with E-state index in [4.69, 9.17) is 11.6 Å². The summed E-state index contributed by atoms with van der Waals surface area (Å²) >= 11 is 5.74. The lowest BCUT2D eigenvalue weighted by Crippen LogP contribution is -1.96. The molecule has 0 bridgehead atoms. The Kier molecular flexibility index (Phi) is 4.31. The average Bonchev–Trinajstić information content (AvgIpc) is 2.53. The second-order valence-corrected chi connectivity index (χ2v) is 5.24. The van der Waals surface area contributed by atoms with Gasteiger partial charge in [-0.25, -0.2) is 4.98 Å². The summed E-state index contributed by atoms with van der Waals surface area (Å²) in [5.74, 6) is 1.44. The van der Waals surface area contributed by atoms with Gasteiger partial charge in [0.1, 0.15) is 5.82 Å². The zero-order valence-corrected chi connectivity index (χ0v) is 12.3. The van der Waals surface area contributed by atoms with E-state index in [0.717, 1.165) is 35.4 Å². The fourth-order valence-electron chi connectivity index (χ4n) is 2.24. The topological polar surface area (TPSA) is 37.8 Å². The van der Waals surface area contributed by atoms with Crippen molar-refractivity contribution in [3.63, 3.8) is 0 Å². The molecule has 1 heterocycles. The van der Waals surface area contributed by atoms with Crippen molar-refractivity contribution in [2.24, 2.45) is 0 Å². The molecule has 1 N–H and O–H groups in total. The summed E-state index contributed by atoms with van der Waals surface area (Å²) in [4.78, 5) is 8.97. The highest BCUT2D eigenvalue weighted by atomic mass is 35.5. The second kappa shape index (κ2) is 6.55. The highest BCUT2D eigenvalue weighted by molar-refractivity contribution is 6.17. The standard InChI is InChI=1S/C17H16ClN3/c18-10-4-6-13-5-3-7-14(11-13)20-17-12-19-15-8-1-2-9-16(15)21-17/h1-3,5,7-9,11-12H,4,6,10H2,(H,20,21).